The Balaban J connectivity index is 2.96. The number of aliphatic hydroxyl groups is 1. The molecule has 0 radical (unpaired) electrons. The number of non-ortho nitro benzene ring substituents is 1. The van der Waals surface area contributed by atoms with Crippen molar-refractivity contribution in [2.75, 3.05) is 7.11 Å². The molecule has 9 nitrogen and oxygen atoms in total. The molecule has 0 aromatic heterocycles. The minimum Gasteiger partial charge on any atom is -0.467 e. The van der Waals surface area contributed by atoms with E-state index in [9.17, 15) is 24.8 Å². The molecule has 2 atom stereocenters. The van der Waals surface area contributed by atoms with Crippen LogP contribution >= 0.6 is 0 Å². The molecule has 0 aliphatic rings. The molecule has 0 aliphatic heterocycles. The van der Waals surface area contributed by atoms with E-state index in [4.69, 9.17) is 4.74 Å². The number of nitro benzene ring substituents is 1. The monoisotopic (exact) mass is 340 g/mol. The Hall–Kier alpha value is -2.68. The second-order valence-corrected chi connectivity index (χ2v) is 5.94. The van der Waals surface area contributed by atoms with Crippen molar-refractivity contribution in [3.8, 4) is 0 Å². The predicted octanol–water partition coefficient (Wildman–Crippen LogP) is 1.69. The van der Waals surface area contributed by atoms with E-state index in [1.807, 2.05) is 0 Å². The van der Waals surface area contributed by atoms with E-state index >= 15 is 0 Å². The maximum Gasteiger partial charge on any atom is 0.408 e. The number of hydrogen-bond donors (Lipinski definition) is 2. The van der Waals surface area contributed by atoms with Gasteiger partial charge in [0.15, 0.2) is 6.04 Å². The van der Waals surface area contributed by atoms with Gasteiger partial charge in [-0.25, -0.2) is 9.59 Å². The zero-order valence-corrected chi connectivity index (χ0v) is 13.8. The number of alkyl carbamates (subject to hydrolysis) is 1. The summed E-state index contributed by atoms with van der Waals surface area (Å²) < 4.78 is 9.61. The van der Waals surface area contributed by atoms with Crippen molar-refractivity contribution in [3.63, 3.8) is 0 Å². The summed E-state index contributed by atoms with van der Waals surface area (Å²) in [5.41, 5.74) is -0.754. The summed E-state index contributed by atoms with van der Waals surface area (Å²) in [6.45, 7) is 4.94. The van der Waals surface area contributed by atoms with Gasteiger partial charge in [0.2, 0.25) is 0 Å². The maximum atomic E-state index is 11.8. The SMILES string of the molecule is COC(=O)[C@@H](NC(=O)OC(C)(C)C)[C@H](O)c1ccc([N+](=O)[O-])cc1. The fourth-order valence-electron chi connectivity index (χ4n) is 1.81. The minimum atomic E-state index is -1.47. The average Bonchev–Trinajstić information content (AvgIpc) is 2.49. The number of nitrogens with zero attached hydrogens (tertiary/aromatic N) is 1. The van der Waals surface area contributed by atoms with Crippen LogP contribution in [0.3, 0.4) is 0 Å². The van der Waals surface area contributed by atoms with Crippen molar-refractivity contribution in [1.29, 1.82) is 0 Å². The largest absolute Gasteiger partial charge is 0.467 e. The number of carbonyl (C=O) groups excluding carboxylic acids is 2. The van der Waals surface area contributed by atoms with Gasteiger partial charge in [-0.05, 0) is 38.5 Å². The molecule has 0 heterocycles. The highest BCUT2D eigenvalue weighted by Crippen LogP contribution is 2.21. The molecule has 1 aromatic rings. The van der Waals surface area contributed by atoms with Gasteiger partial charge in [0.05, 0.1) is 12.0 Å². The zero-order chi connectivity index (χ0) is 18.5. The Labute approximate surface area is 138 Å². The first-order chi connectivity index (χ1) is 11.0. The van der Waals surface area contributed by atoms with Crippen LogP contribution in [0.5, 0.6) is 0 Å². The van der Waals surface area contributed by atoms with Crippen molar-refractivity contribution in [3.05, 3.63) is 39.9 Å². The molecule has 0 bridgehead atoms. The molecule has 1 rings (SSSR count). The van der Waals surface area contributed by atoms with Crippen LogP contribution in [0.4, 0.5) is 10.5 Å². The molecule has 0 unspecified atom stereocenters. The van der Waals surface area contributed by atoms with Crippen molar-refractivity contribution >= 4 is 17.7 Å². The van der Waals surface area contributed by atoms with E-state index in [0.717, 1.165) is 7.11 Å². The number of nitrogens with one attached hydrogen (secondary N) is 1. The van der Waals surface area contributed by atoms with Gasteiger partial charge < -0.3 is 19.9 Å². The fraction of sp³-hybridized carbons (Fsp3) is 0.467. The van der Waals surface area contributed by atoms with Gasteiger partial charge in [-0.3, -0.25) is 10.1 Å². The molecular weight excluding hydrogens is 320 g/mol. The number of rotatable bonds is 5. The first-order valence-corrected chi connectivity index (χ1v) is 7.05. The van der Waals surface area contributed by atoms with Crippen molar-refractivity contribution in [2.24, 2.45) is 0 Å². The van der Waals surface area contributed by atoms with E-state index in [-0.39, 0.29) is 11.3 Å². The summed E-state index contributed by atoms with van der Waals surface area (Å²) in [6, 6.07) is 3.51. The Morgan fingerprint density at radius 1 is 1.25 bits per heavy atom. The normalized spacial score (nSPS) is 13.5. The van der Waals surface area contributed by atoms with Gasteiger partial charge in [-0.15, -0.1) is 0 Å². The molecule has 132 valence electrons. The van der Waals surface area contributed by atoms with Crippen LogP contribution in [0.15, 0.2) is 24.3 Å². The number of carbonyl (C=O) groups is 2. The molecule has 0 aliphatic carbocycles. The Morgan fingerprint density at radius 3 is 2.21 bits per heavy atom. The van der Waals surface area contributed by atoms with Crippen LogP contribution in [0.2, 0.25) is 0 Å². The molecule has 0 saturated heterocycles. The fourth-order valence-corrected chi connectivity index (χ4v) is 1.81. The first kappa shape index (κ1) is 19.4. The first-order valence-electron chi connectivity index (χ1n) is 7.05. The second kappa shape index (κ2) is 7.73. The molecule has 0 fully saturated rings. The lowest BCUT2D eigenvalue weighted by atomic mass is 10.0. The van der Waals surface area contributed by atoms with Crippen LogP contribution < -0.4 is 5.32 Å². The Morgan fingerprint density at radius 2 is 1.79 bits per heavy atom. The Kier molecular flexibility index (Phi) is 6.24. The highest BCUT2D eigenvalue weighted by atomic mass is 16.6. The van der Waals surface area contributed by atoms with Gasteiger partial charge in [-0.2, -0.15) is 0 Å². The summed E-state index contributed by atoms with van der Waals surface area (Å²) in [5.74, 6) is -0.883. The van der Waals surface area contributed by atoms with E-state index in [1.54, 1.807) is 20.8 Å². The minimum absolute atomic E-state index is 0.166. The van der Waals surface area contributed by atoms with Crippen LogP contribution in [-0.4, -0.2) is 40.8 Å². The van der Waals surface area contributed by atoms with Gasteiger partial charge in [0.1, 0.15) is 11.7 Å². The van der Waals surface area contributed by atoms with E-state index in [1.165, 1.54) is 24.3 Å². The van der Waals surface area contributed by atoms with E-state index < -0.39 is 34.7 Å². The third-order valence-corrected chi connectivity index (χ3v) is 2.89. The number of esters is 1. The number of ether oxygens (including phenoxy) is 2. The highest BCUT2D eigenvalue weighted by Gasteiger charge is 2.32. The van der Waals surface area contributed by atoms with Crippen LogP contribution in [0, 0.1) is 10.1 Å². The lowest BCUT2D eigenvalue weighted by Crippen LogP contribution is -2.47. The summed E-state index contributed by atoms with van der Waals surface area (Å²) in [4.78, 5) is 33.7. The molecule has 9 heteroatoms. The van der Waals surface area contributed by atoms with Gasteiger partial charge in [-0.1, -0.05) is 0 Å². The quantitative estimate of drug-likeness (QED) is 0.474. The van der Waals surface area contributed by atoms with Crippen molar-refractivity contribution in [1.82, 2.24) is 5.32 Å². The molecule has 1 aromatic carbocycles. The summed E-state index contributed by atoms with van der Waals surface area (Å²) >= 11 is 0. The van der Waals surface area contributed by atoms with Crippen LogP contribution in [0.25, 0.3) is 0 Å². The summed E-state index contributed by atoms with van der Waals surface area (Å²) in [5, 5.41) is 23.2. The predicted molar refractivity (Wildman–Crippen MR) is 83.2 cm³/mol. The van der Waals surface area contributed by atoms with Crippen molar-refractivity contribution in [2.45, 2.75) is 38.5 Å². The molecule has 2 N–H and O–H groups in total. The highest BCUT2D eigenvalue weighted by molar-refractivity contribution is 5.82. The maximum absolute atomic E-state index is 11.8. The molecular formula is C15H20N2O7. The standard InChI is InChI=1S/C15H20N2O7/c1-15(2,3)24-14(20)16-11(13(19)23-4)12(18)9-5-7-10(8-6-9)17(21)22/h5-8,11-12,18H,1-4H3,(H,16,20)/t11-,12+/m0/s1. The third kappa shape index (κ3) is 5.51. The van der Waals surface area contributed by atoms with Gasteiger partial charge in [0, 0.05) is 12.1 Å². The van der Waals surface area contributed by atoms with E-state index in [0.29, 0.717) is 0 Å². The Bertz CT molecular complexity index is 607. The number of aliphatic hydroxyl groups excluding tert-OH is 1. The summed E-state index contributed by atoms with van der Waals surface area (Å²) in [6.07, 6.45) is -2.37. The van der Waals surface area contributed by atoms with Gasteiger partial charge >= 0.3 is 12.1 Å². The average molecular weight is 340 g/mol. The lowest BCUT2D eigenvalue weighted by Gasteiger charge is -2.25. The molecule has 0 saturated carbocycles. The number of nitro groups is 1. The smallest absolute Gasteiger partial charge is 0.408 e. The molecule has 1 amide bonds. The number of amides is 1. The zero-order valence-electron chi connectivity index (χ0n) is 13.8. The van der Waals surface area contributed by atoms with Crippen LogP contribution in [0.1, 0.15) is 32.4 Å². The molecule has 0 spiro atoms. The number of benzene rings is 1. The van der Waals surface area contributed by atoms with E-state index in [2.05, 4.69) is 10.1 Å². The number of hydrogen-bond acceptors (Lipinski definition) is 7. The lowest BCUT2D eigenvalue weighted by molar-refractivity contribution is -0.384. The second-order valence-electron chi connectivity index (χ2n) is 5.94. The third-order valence-electron chi connectivity index (χ3n) is 2.89. The summed E-state index contributed by atoms with van der Waals surface area (Å²) in [7, 11) is 1.11. The topological polar surface area (TPSA) is 128 Å². The molecule has 24 heavy (non-hydrogen) atoms. The number of methoxy groups -OCH3 is 1. The van der Waals surface area contributed by atoms with Crippen molar-refractivity contribution < 1.29 is 29.1 Å². The van der Waals surface area contributed by atoms with Crippen LogP contribution in [-0.2, 0) is 14.3 Å². The van der Waals surface area contributed by atoms with Gasteiger partial charge in [0.25, 0.3) is 5.69 Å².